The van der Waals surface area contributed by atoms with Crippen LogP contribution in [0.3, 0.4) is 0 Å². The molecule has 2 unspecified atom stereocenters. The summed E-state index contributed by atoms with van der Waals surface area (Å²) in [5, 5.41) is 0.652. The van der Waals surface area contributed by atoms with Crippen molar-refractivity contribution in [1.29, 1.82) is 0 Å². The molecule has 0 spiro atoms. The van der Waals surface area contributed by atoms with Gasteiger partial charge in [0.25, 0.3) is 5.91 Å². The highest BCUT2D eigenvalue weighted by molar-refractivity contribution is 6.30. The quantitative estimate of drug-likeness (QED) is 0.909. The van der Waals surface area contributed by atoms with Gasteiger partial charge in [-0.15, -0.1) is 0 Å². The maximum Gasteiger partial charge on any atom is 0.260 e. The second kappa shape index (κ2) is 7.66. The highest BCUT2D eigenvalue weighted by Crippen LogP contribution is 2.27. The van der Waals surface area contributed by atoms with Crippen molar-refractivity contribution in [2.45, 2.75) is 31.7 Å². The van der Waals surface area contributed by atoms with Crippen molar-refractivity contribution >= 4 is 17.5 Å². The second-order valence-corrected chi connectivity index (χ2v) is 6.03. The number of carbonyl (C=O) groups excluding carboxylic acids is 1. The molecule has 0 heterocycles. The van der Waals surface area contributed by atoms with E-state index in [0.29, 0.717) is 23.2 Å². The van der Waals surface area contributed by atoms with E-state index in [1.165, 1.54) is 6.42 Å². The number of likely N-dealkylation sites (N-methyl/N-ethyl adjacent to an activating group) is 1. The van der Waals surface area contributed by atoms with E-state index < -0.39 is 0 Å². The molecule has 0 saturated heterocycles. The third kappa shape index (κ3) is 4.35. The lowest BCUT2D eigenvalue weighted by atomic mass is 9.83. The van der Waals surface area contributed by atoms with Crippen LogP contribution in [0.5, 0.6) is 5.75 Å². The van der Waals surface area contributed by atoms with Gasteiger partial charge in [0.05, 0.1) is 0 Å². The van der Waals surface area contributed by atoms with Crippen molar-refractivity contribution in [3.8, 4) is 5.75 Å². The second-order valence-electron chi connectivity index (χ2n) is 5.59. The minimum atomic E-state index is -0.00435. The first kappa shape index (κ1) is 16.1. The lowest BCUT2D eigenvalue weighted by molar-refractivity contribution is -0.135. The molecule has 1 aliphatic rings. The summed E-state index contributed by atoms with van der Waals surface area (Å²) >= 11 is 5.82. The highest BCUT2D eigenvalue weighted by Gasteiger charge is 2.29. The third-order valence-electron chi connectivity index (χ3n) is 4.24. The molecule has 5 heteroatoms. The molecule has 116 valence electrons. The lowest BCUT2D eigenvalue weighted by Crippen LogP contribution is -2.47. The van der Waals surface area contributed by atoms with E-state index in [9.17, 15) is 4.79 Å². The van der Waals surface area contributed by atoms with Crippen molar-refractivity contribution in [3.05, 3.63) is 29.3 Å². The standard InChI is InChI=1S/C16H23ClN2O2/c1-19(15-5-3-2-4-12(15)10-18)16(20)11-21-14-8-6-13(17)7-9-14/h6-9,12,15H,2-5,10-11,18H2,1H3. The average molecular weight is 311 g/mol. The molecule has 21 heavy (non-hydrogen) atoms. The maximum absolute atomic E-state index is 12.3. The summed E-state index contributed by atoms with van der Waals surface area (Å²) in [5.74, 6) is 1.05. The molecule has 1 fully saturated rings. The smallest absolute Gasteiger partial charge is 0.260 e. The Labute approximate surface area is 131 Å². The van der Waals surface area contributed by atoms with Crippen molar-refractivity contribution in [2.24, 2.45) is 11.7 Å². The lowest BCUT2D eigenvalue weighted by Gasteiger charge is -2.37. The minimum absolute atomic E-state index is 0.00435. The van der Waals surface area contributed by atoms with Crippen LogP contribution in [0.4, 0.5) is 0 Å². The van der Waals surface area contributed by atoms with Gasteiger partial charge >= 0.3 is 0 Å². The number of hydrogen-bond donors (Lipinski definition) is 1. The van der Waals surface area contributed by atoms with Crippen molar-refractivity contribution in [2.75, 3.05) is 20.2 Å². The zero-order valence-electron chi connectivity index (χ0n) is 12.4. The number of hydrogen-bond acceptors (Lipinski definition) is 3. The average Bonchev–Trinajstić information content (AvgIpc) is 2.53. The number of ether oxygens (including phenoxy) is 1. The van der Waals surface area contributed by atoms with Gasteiger partial charge in [-0.3, -0.25) is 4.79 Å². The Morgan fingerprint density at radius 1 is 1.33 bits per heavy atom. The van der Waals surface area contributed by atoms with Gasteiger partial charge < -0.3 is 15.4 Å². The fourth-order valence-corrected chi connectivity index (χ4v) is 3.06. The molecular weight excluding hydrogens is 288 g/mol. The van der Waals surface area contributed by atoms with Crippen LogP contribution in [0.1, 0.15) is 25.7 Å². The summed E-state index contributed by atoms with van der Waals surface area (Å²) in [6.07, 6.45) is 4.51. The molecule has 0 radical (unpaired) electrons. The fourth-order valence-electron chi connectivity index (χ4n) is 2.94. The van der Waals surface area contributed by atoms with Gasteiger partial charge in [0.2, 0.25) is 0 Å². The van der Waals surface area contributed by atoms with Gasteiger partial charge in [-0.2, -0.15) is 0 Å². The van der Waals surface area contributed by atoms with E-state index in [1.54, 1.807) is 24.3 Å². The summed E-state index contributed by atoms with van der Waals surface area (Å²) in [7, 11) is 1.85. The number of benzene rings is 1. The van der Waals surface area contributed by atoms with Gasteiger partial charge in [0.1, 0.15) is 5.75 Å². The van der Waals surface area contributed by atoms with Gasteiger partial charge in [0, 0.05) is 18.1 Å². The van der Waals surface area contributed by atoms with Crippen LogP contribution in [-0.2, 0) is 4.79 Å². The summed E-state index contributed by atoms with van der Waals surface area (Å²) in [6.45, 7) is 0.687. The third-order valence-corrected chi connectivity index (χ3v) is 4.49. The van der Waals surface area contributed by atoms with E-state index >= 15 is 0 Å². The molecule has 4 nitrogen and oxygen atoms in total. The molecule has 0 bridgehead atoms. The Balaban J connectivity index is 1.88. The molecule has 2 rings (SSSR count). The van der Waals surface area contributed by atoms with Crippen LogP contribution >= 0.6 is 11.6 Å². The molecule has 1 aromatic carbocycles. The number of carbonyl (C=O) groups is 1. The van der Waals surface area contributed by atoms with E-state index in [1.807, 2.05) is 11.9 Å². The summed E-state index contributed by atoms with van der Waals surface area (Å²) in [4.78, 5) is 14.1. The van der Waals surface area contributed by atoms with Crippen molar-refractivity contribution < 1.29 is 9.53 Å². The Hall–Kier alpha value is -1.26. The predicted molar refractivity (Wildman–Crippen MR) is 84.5 cm³/mol. The molecule has 1 amide bonds. The molecule has 1 aromatic rings. The van der Waals surface area contributed by atoms with Gasteiger partial charge in [-0.25, -0.2) is 0 Å². The monoisotopic (exact) mass is 310 g/mol. The molecule has 2 atom stereocenters. The van der Waals surface area contributed by atoms with Gasteiger partial charge in [0.15, 0.2) is 6.61 Å². The number of nitrogens with zero attached hydrogens (tertiary/aromatic N) is 1. The topological polar surface area (TPSA) is 55.6 Å². The van der Waals surface area contributed by atoms with E-state index in [-0.39, 0.29) is 18.6 Å². The molecule has 0 aromatic heterocycles. The highest BCUT2D eigenvalue weighted by atomic mass is 35.5. The number of halogens is 1. The maximum atomic E-state index is 12.3. The zero-order valence-corrected chi connectivity index (χ0v) is 13.2. The Kier molecular flexibility index (Phi) is 5.88. The fraction of sp³-hybridized carbons (Fsp3) is 0.562. The summed E-state index contributed by atoms with van der Waals surface area (Å²) in [6, 6.07) is 7.26. The molecule has 1 aliphatic carbocycles. The van der Waals surface area contributed by atoms with E-state index in [4.69, 9.17) is 22.1 Å². The van der Waals surface area contributed by atoms with Crippen LogP contribution in [0.25, 0.3) is 0 Å². The van der Waals surface area contributed by atoms with Crippen LogP contribution < -0.4 is 10.5 Å². The predicted octanol–water partition coefficient (Wildman–Crippen LogP) is 2.69. The molecule has 1 saturated carbocycles. The molecule has 2 N–H and O–H groups in total. The summed E-state index contributed by atoms with van der Waals surface area (Å²) in [5.41, 5.74) is 5.83. The molecule has 0 aliphatic heterocycles. The van der Waals surface area contributed by atoms with Crippen molar-refractivity contribution in [3.63, 3.8) is 0 Å². The Bertz CT molecular complexity index is 464. The first-order valence-corrected chi connectivity index (χ1v) is 7.83. The van der Waals surface area contributed by atoms with Gasteiger partial charge in [-0.05, 0) is 49.6 Å². The van der Waals surface area contributed by atoms with Crippen LogP contribution in [0.15, 0.2) is 24.3 Å². The minimum Gasteiger partial charge on any atom is -0.484 e. The zero-order chi connectivity index (χ0) is 15.2. The van der Waals surface area contributed by atoms with Crippen molar-refractivity contribution in [1.82, 2.24) is 4.90 Å². The van der Waals surface area contributed by atoms with E-state index in [2.05, 4.69) is 0 Å². The first-order valence-electron chi connectivity index (χ1n) is 7.46. The Morgan fingerprint density at radius 3 is 2.67 bits per heavy atom. The van der Waals surface area contributed by atoms with E-state index in [0.717, 1.165) is 19.3 Å². The largest absolute Gasteiger partial charge is 0.484 e. The normalized spacial score (nSPS) is 21.9. The SMILES string of the molecule is CN(C(=O)COc1ccc(Cl)cc1)C1CCCCC1CN. The number of nitrogens with two attached hydrogens (primary N) is 1. The number of amides is 1. The van der Waals surface area contributed by atoms with Crippen LogP contribution in [0, 0.1) is 5.92 Å². The van der Waals surface area contributed by atoms with Crippen LogP contribution in [-0.4, -0.2) is 37.0 Å². The molecular formula is C16H23ClN2O2. The van der Waals surface area contributed by atoms with Crippen LogP contribution in [0.2, 0.25) is 5.02 Å². The number of rotatable bonds is 5. The first-order chi connectivity index (χ1) is 10.1. The summed E-state index contributed by atoms with van der Waals surface area (Å²) < 4.78 is 5.52. The Morgan fingerprint density at radius 2 is 2.00 bits per heavy atom. The van der Waals surface area contributed by atoms with Gasteiger partial charge in [-0.1, -0.05) is 24.4 Å².